The summed E-state index contributed by atoms with van der Waals surface area (Å²) in [5, 5.41) is 2.64. The number of carbonyl (C=O) groups excluding carboxylic acids is 3. The Kier molecular flexibility index (Phi) is 5.38. The highest BCUT2D eigenvalue weighted by Gasteiger charge is 2.36. The van der Waals surface area contributed by atoms with Crippen molar-refractivity contribution in [2.24, 2.45) is 0 Å². The Morgan fingerprint density at radius 1 is 1.07 bits per heavy atom. The van der Waals surface area contributed by atoms with Gasteiger partial charge in [-0.3, -0.25) is 14.9 Å². The summed E-state index contributed by atoms with van der Waals surface area (Å²) in [5.41, 5.74) is 0.652. The van der Waals surface area contributed by atoms with E-state index in [2.05, 4.69) is 11.9 Å². The molecule has 0 bridgehead atoms. The van der Waals surface area contributed by atoms with Crippen molar-refractivity contribution in [2.75, 3.05) is 11.5 Å². The van der Waals surface area contributed by atoms with Crippen molar-refractivity contribution in [3.05, 3.63) is 77.3 Å². The van der Waals surface area contributed by atoms with E-state index in [4.69, 9.17) is 16.3 Å². The minimum atomic E-state index is -0.819. The van der Waals surface area contributed by atoms with E-state index in [1.54, 1.807) is 42.5 Å². The van der Waals surface area contributed by atoms with Gasteiger partial charge in [0.25, 0.3) is 11.8 Å². The standard InChI is InChI=1S/C20H15ClN2O4/c1-2-11-27-17-6-4-3-5-13(17)12-16-18(24)22-20(26)23(19(16)25)15-9-7-14(21)8-10-15/h2-10,12H,1,11H2,(H,22,24,26)/b16-12+. The fourth-order valence-corrected chi connectivity index (χ4v) is 2.64. The fraction of sp³-hybridized carbons (Fsp3) is 0.0500. The first-order valence-corrected chi connectivity index (χ1v) is 8.39. The minimum absolute atomic E-state index is 0.181. The van der Waals surface area contributed by atoms with Gasteiger partial charge < -0.3 is 4.74 Å². The topological polar surface area (TPSA) is 75.7 Å². The van der Waals surface area contributed by atoms with Crippen LogP contribution in [0.25, 0.3) is 6.08 Å². The molecule has 1 N–H and O–H groups in total. The molecule has 0 spiro atoms. The number of halogens is 1. The molecule has 0 saturated carbocycles. The van der Waals surface area contributed by atoms with Gasteiger partial charge in [-0.1, -0.05) is 42.5 Å². The van der Waals surface area contributed by atoms with Crippen LogP contribution in [0.3, 0.4) is 0 Å². The lowest BCUT2D eigenvalue weighted by Crippen LogP contribution is -2.54. The second-order valence-corrected chi connectivity index (χ2v) is 6.01. The molecule has 2 aromatic rings. The fourth-order valence-electron chi connectivity index (χ4n) is 2.52. The number of hydrogen-bond acceptors (Lipinski definition) is 4. The molecule has 1 aliphatic rings. The number of nitrogens with zero attached hydrogens (tertiary/aromatic N) is 1. The molecule has 1 fully saturated rings. The molecular weight excluding hydrogens is 368 g/mol. The Morgan fingerprint density at radius 3 is 2.48 bits per heavy atom. The van der Waals surface area contributed by atoms with Gasteiger partial charge >= 0.3 is 6.03 Å². The van der Waals surface area contributed by atoms with E-state index in [0.29, 0.717) is 22.0 Å². The number of benzene rings is 2. The van der Waals surface area contributed by atoms with Crippen LogP contribution in [-0.2, 0) is 9.59 Å². The van der Waals surface area contributed by atoms with E-state index < -0.39 is 17.8 Å². The number of para-hydroxylation sites is 1. The number of carbonyl (C=O) groups is 3. The Bertz CT molecular complexity index is 951. The Morgan fingerprint density at radius 2 is 1.78 bits per heavy atom. The molecule has 1 saturated heterocycles. The molecule has 136 valence electrons. The summed E-state index contributed by atoms with van der Waals surface area (Å²) in [6, 6.07) is 12.3. The number of barbiturate groups is 1. The normalized spacial score (nSPS) is 15.7. The van der Waals surface area contributed by atoms with E-state index in [-0.39, 0.29) is 12.2 Å². The van der Waals surface area contributed by atoms with Crippen molar-refractivity contribution >= 4 is 41.2 Å². The summed E-state index contributed by atoms with van der Waals surface area (Å²) < 4.78 is 5.54. The number of amides is 4. The number of ether oxygens (including phenoxy) is 1. The van der Waals surface area contributed by atoms with Crippen molar-refractivity contribution in [1.82, 2.24) is 5.32 Å². The Balaban J connectivity index is 2.00. The Labute approximate surface area is 160 Å². The van der Waals surface area contributed by atoms with Crippen LogP contribution in [0.4, 0.5) is 10.5 Å². The van der Waals surface area contributed by atoms with Crippen molar-refractivity contribution in [3.63, 3.8) is 0 Å². The lowest BCUT2D eigenvalue weighted by molar-refractivity contribution is -0.122. The summed E-state index contributed by atoms with van der Waals surface area (Å²) in [7, 11) is 0. The molecule has 1 heterocycles. The van der Waals surface area contributed by atoms with Crippen LogP contribution >= 0.6 is 11.6 Å². The van der Waals surface area contributed by atoms with Gasteiger partial charge in [-0.2, -0.15) is 0 Å². The number of rotatable bonds is 5. The highest BCUT2D eigenvalue weighted by Crippen LogP contribution is 2.26. The second kappa shape index (κ2) is 7.88. The highest BCUT2D eigenvalue weighted by molar-refractivity contribution is 6.39. The summed E-state index contributed by atoms with van der Waals surface area (Å²) in [5.74, 6) is -1.02. The molecule has 27 heavy (non-hydrogen) atoms. The molecule has 7 heteroatoms. The van der Waals surface area contributed by atoms with Gasteiger partial charge in [-0.05, 0) is 36.4 Å². The quantitative estimate of drug-likeness (QED) is 0.487. The first kappa shape index (κ1) is 18.4. The molecule has 2 aromatic carbocycles. The average Bonchev–Trinajstić information content (AvgIpc) is 2.65. The van der Waals surface area contributed by atoms with Gasteiger partial charge in [0, 0.05) is 10.6 Å². The summed E-state index contributed by atoms with van der Waals surface area (Å²) in [6.07, 6.45) is 2.98. The SMILES string of the molecule is C=CCOc1ccccc1/C=C1\C(=O)NC(=O)N(c2ccc(Cl)cc2)C1=O. The number of hydrogen-bond donors (Lipinski definition) is 1. The third-order valence-corrected chi connectivity index (χ3v) is 4.01. The van der Waals surface area contributed by atoms with E-state index in [9.17, 15) is 14.4 Å². The van der Waals surface area contributed by atoms with Crippen LogP contribution < -0.4 is 15.0 Å². The maximum absolute atomic E-state index is 12.8. The third kappa shape index (κ3) is 3.91. The lowest BCUT2D eigenvalue weighted by Gasteiger charge is -2.26. The van der Waals surface area contributed by atoms with Crippen LogP contribution in [0.5, 0.6) is 5.75 Å². The van der Waals surface area contributed by atoms with Crippen molar-refractivity contribution in [1.29, 1.82) is 0 Å². The molecule has 1 aliphatic heterocycles. The number of urea groups is 1. The third-order valence-electron chi connectivity index (χ3n) is 3.76. The largest absolute Gasteiger partial charge is 0.489 e. The number of imide groups is 2. The summed E-state index contributed by atoms with van der Waals surface area (Å²) in [4.78, 5) is 38.2. The zero-order valence-electron chi connectivity index (χ0n) is 14.1. The molecule has 0 atom stereocenters. The van der Waals surface area contributed by atoms with Crippen molar-refractivity contribution in [2.45, 2.75) is 0 Å². The maximum Gasteiger partial charge on any atom is 0.335 e. The van der Waals surface area contributed by atoms with Gasteiger partial charge in [-0.25, -0.2) is 9.69 Å². The van der Waals surface area contributed by atoms with E-state index in [1.807, 2.05) is 0 Å². The second-order valence-electron chi connectivity index (χ2n) is 5.57. The molecule has 6 nitrogen and oxygen atoms in total. The van der Waals surface area contributed by atoms with Crippen LogP contribution in [0, 0.1) is 0 Å². The number of nitrogens with one attached hydrogen (secondary N) is 1. The zero-order chi connectivity index (χ0) is 19.4. The molecule has 0 radical (unpaired) electrons. The lowest BCUT2D eigenvalue weighted by atomic mass is 10.1. The molecule has 3 rings (SSSR count). The molecule has 0 unspecified atom stereocenters. The van der Waals surface area contributed by atoms with Crippen LogP contribution in [0.15, 0.2) is 66.8 Å². The highest BCUT2D eigenvalue weighted by atomic mass is 35.5. The monoisotopic (exact) mass is 382 g/mol. The van der Waals surface area contributed by atoms with Crippen LogP contribution in [0.2, 0.25) is 5.02 Å². The van der Waals surface area contributed by atoms with Crippen molar-refractivity contribution in [3.8, 4) is 5.75 Å². The first-order valence-electron chi connectivity index (χ1n) is 8.01. The molecule has 0 aliphatic carbocycles. The van der Waals surface area contributed by atoms with Gasteiger partial charge in [0.15, 0.2) is 0 Å². The number of anilines is 1. The van der Waals surface area contributed by atoms with Crippen molar-refractivity contribution < 1.29 is 19.1 Å². The van der Waals surface area contributed by atoms with E-state index >= 15 is 0 Å². The zero-order valence-corrected chi connectivity index (χ0v) is 14.9. The molecular formula is C20H15ClN2O4. The summed E-state index contributed by atoms with van der Waals surface area (Å²) >= 11 is 5.85. The predicted molar refractivity (Wildman–Crippen MR) is 103 cm³/mol. The van der Waals surface area contributed by atoms with E-state index in [0.717, 1.165) is 4.90 Å². The molecule has 4 amide bonds. The van der Waals surface area contributed by atoms with Crippen LogP contribution in [-0.4, -0.2) is 24.5 Å². The Hall–Kier alpha value is -3.38. The average molecular weight is 383 g/mol. The maximum atomic E-state index is 12.8. The summed E-state index contributed by atoms with van der Waals surface area (Å²) in [6.45, 7) is 3.86. The van der Waals surface area contributed by atoms with E-state index in [1.165, 1.54) is 18.2 Å². The smallest absolute Gasteiger partial charge is 0.335 e. The minimum Gasteiger partial charge on any atom is -0.489 e. The predicted octanol–water partition coefficient (Wildman–Crippen LogP) is 3.57. The first-order chi connectivity index (χ1) is 13.0. The van der Waals surface area contributed by atoms with Gasteiger partial charge in [0.2, 0.25) is 0 Å². The van der Waals surface area contributed by atoms with Gasteiger partial charge in [0.05, 0.1) is 5.69 Å². The van der Waals surface area contributed by atoms with Gasteiger partial charge in [0.1, 0.15) is 17.9 Å². The van der Waals surface area contributed by atoms with Gasteiger partial charge in [-0.15, -0.1) is 0 Å². The van der Waals surface area contributed by atoms with Crippen LogP contribution in [0.1, 0.15) is 5.56 Å². The molecule has 0 aromatic heterocycles.